The molecule has 1 saturated carbocycles. The molecule has 1 N–H and O–H groups in total. The number of rotatable bonds is 4. The molecule has 0 aromatic rings. The van der Waals surface area contributed by atoms with E-state index >= 15 is 0 Å². The Morgan fingerprint density at radius 2 is 1.86 bits per heavy atom. The van der Waals surface area contributed by atoms with E-state index in [1.54, 1.807) is 11.8 Å². The van der Waals surface area contributed by atoms with Crippen LogP contribution in [0.25, 0.3) is 0 Å². The first-order valence-corrected chi connectivity index (χ1v) is 6.44. The highest BCUT2D eigenvalue weighted by Gasteiger charge is 2.30. The second kappa shape index (κ2) is 5.64. The summed E-state index contributed by atoms with van der Waals surface area (Å²) in [6.07, 6.45) is 5.93. The van der Waals surface area contributed by atoms with E-state index in [0.717, 1.165) is 12.8 Å². The highest BCUT2D eigenvalue weighted by molar-refractivity contribution is 8.01. The van der Waals surface area contributed by atoms with Crippen LogP contribution in [0.2, 0.25) is 0 Å². The Morgan fingerprint density at radius 1 is 1.29 bits per heavy atom. The molecule has 1 atom stereocenters. The molecule has 0 saturated heterocycles. The van der Waals surface area contributed by atoms with Crippen LogP contribution in [-0.4, -0.2) is 21.6 Å². The molecular formula is C11H20O2S. The highest BCUT2D eigenvalue weighted by Crippen LogP contribution is 2.34. The monoisotopic (exact) mass is 216 g/mol. The molecule has 0 heterocycles. The molecule has 1 unspecified atom stereocenters. The maximum absolute atomic E-state index is 11.1. The van der Waals surface area contributed by atoms with Crippen molar-refractivity contribution >= 4 is 17.7 Å². The fourth-order valence-electron chi connectivity index (χ4n) is 2.10. The summed E-state index contributed by atoms with van der Waals surface area (Å²) in [5, 5.41) is 9.40. The van der Waals surface area contributed by atoms with E-state index in [9.17, 15) is 4.79 Å². The Morgan fingerprint density at radius 3 is 2.29 bits per heavy atom. The standard InChI is InChI=1S/C11H20O2S/c1-8(2)14-10(11(12)13)9-6-4-3-5-7-9/h8-10H,3-7H2,1-2H3,(H,12,13). The molecule has 1 aliphatic carbocycles. The summed E-state index contributed by atoms with van der Waals surface area (Å²) in [4.78, 5) is 11.1. The summed E-state index contributed by atoms with van der Waals surface area (Å²) in [5.41, 5.74) is 0. The zero-order valence-corrected chi connectivity index (χ0v) is 9.85. The SMILES string of the molecule is CC(C)SC(C(=O)O)C1CCCCC1. The fourth-order valence-corrected chi connectivity index (χ4v) is 3.30. The molecule has 14 heavy (non-hydrogen) atoms. The number of thioether (sulfide) groups is 1. The molecule has 3 heteroatoms. The van der Waals surface area contributed by atoms with Gasteiger partial charge >= 0.3 is 5.97 Å². The van der Waals surface area contributed by atoms with Crippen molar-refractivity contribution in [3.05, 3.63) is 0 Å². The summed E-state index contributed by atoms with van der Waals surface area (Å²) in [6, 6.07) is 0. The van der Waals surface area contributed by atoms with Gasteiger partial charge in [-0.1, -0.05) is 33.1 Å². The highest BCUT2D eigenvalue weighted by atomic mass is 32.2. The van der Waals surface area contributed by atoms with Crippen LogP contribution in [0.15, 0.2) is 0 Å². The first kappa shape index (κ1) is 11.9. The van der Waals surface area contributed by atoms with Gasteiger partial charge < -0.3 is 5.11 Å². The van der Waals surface area contributed by atoms with Crippen LogP contribution >= 0.6 is 11.8 Å². The smallest absolute Gasteiger partial charge is 0.316 e. The molecule has 1 rings (SSSR count). The van der Waals surface area contributed by atoms with Crippen molar-refractivity contribution in [3.63, 3.8) is 0 Å². The van der Waals surface area contributed by atoms with E-state index in [4.69, 9.17) is 5.11 Å². The summed E-state index contributed by atoms with van der Waals surface area (Å²) in [7, 11) is 0. The van der Waals surface area contributed by atoms with E-state index in [1.807, 2.05) is 0 Å². The molecule has 0 aromatic carbocycles. The van der Waals surface area contributed by atoms with Crippen LogP contribution in [-0.2, 0) is 4.79 Å². The number of hydrogen-bond donors (Lipinski definition) is 1. The molecule has 82 valence electrons. The maximum Gasteiger partial charge on any atom is 0.316 e. The van der Waals surface area contributed by atoms with Gasteiger partial charge in [0.15, 0.2) is 0 Å². The van der Waals surface area contributed by atoms with Gasteiger partial charge in [-0.05, 0) is 24.0 Å². The molecule has 0 aromatic heterocycles. The van der Waals surface area contributed by atoms with Crippen molar-refractivity contribution in [1.82, 2.24) is 0 Å². The van der Waals surface area contributed by atoms with Gasteiger partial charge in [-0.2, -0.15) is 0 Å². The average Bonchev–Trinajstić information content (AvgIpc) is 2.15. The molecular weight excluding hydrogens is 196 g/mol. The van der Waals surface area contributed by atoms with Crippen molar-refractivity contribution < 1.29 is 9.90 Å². The normalized spacial score (nSPS) is 21.1. The van der Waals surface area contributed by atoms with Gasteiger partial charge in [-0.25, -0.2) is 0 Å². The van der Waals surface area contributed by atoms with E-state index in [1.165, 1.54) is 19.3 Å². The second-order valence-corrected chi connectivity index (χ2v) is 6.06. The van der Waals surface area contributed by atoms with Gasteiger partial charge in [0.25, 0.3) is 0 Å². The first-order valence-electron chi connectivity index (χ1n) is 5.49. The molecule has 0 aliphatic heterocycles. The Bertz CT molecular complexity index is 186. The Kier molecular flexibility index (Phi) is 4.79. The minimum atomic E-state index is -0.615. The van der Waals surface area contributed by atoms with Gasteiger partial charge in [-0.3, -0.25) is 4.79 Å². The third-order valence-corrected chi connectivity index (χ3v) is 4.16. The summed E-state index contributed by atoms with van der Waals surface area (Å²) >= 11 is 1.61. The van der Waals surface area contributed by atoms with Crippen molar-refractivity contribution in [2.75, 3.05) is 0 Å². The van der Waals surface area contributed by atoms with Crippen molar-refractivity contribution in [1.29, 1.82) is 0 Å². The zero-order valence-electron chi connectivity index (χ0n) is 9.03. The predicted octanol–water partition coefficient (Wildman–Crippen LogP) is 3.16. The van der Waals surface area contributed by atoms with Crippen LogP contribution in [0, 0.1) is 5.92 Å². The lowest BCUT2D eigenvalue weighted by molar-refractivity contribution is -0.137. The minimum absolute atomic E-state index is 0.171. The number of carboxylic acid groups (broad SMARTS) is 1. The van der Waals surface area contributed by atoms with Crippen LogP contribution in [0.5, 0.6) is 0 Å². The summed E-state index contributed by atoms with van der Waals surface area (Å²) < 4.78 is 0. The maximum atomic E-state index is 11.1. The molecule has 0 amide bonds. The minimum Gasteiger partial charge on any atom is -0.480 e. The number of carboxylic acids is 1. The topological polar surface area (TPSA) is 37.3 Å². The van der Waals surface area contributed by atoms with Crippen LogP contribution in [0.3, 0.4) is 0 Å². The lowest BCUT2D eigenvalue weighted by Gasteiger charge is -2.28. The molecule has 2 nitrogen and oxygen atoms in total. The third-order valence-electron chi connectivity index (χ3n) is 2.74. The molecule has 1 aliphatic rings. The number of aliphatic carboxylic acids is 1. The second-order valence-electron chi connectivity index (χ2n) is 4.34. The Hall–Kier alpha value is -0.180. The summed E-state index contributed by atoms with van der Waals surface area (Å²) in [5.74, 6) is -0.204. The van der Waals surface area contributed by atoms with E-state index in [-0.39, 0.29) is 5.25 Å². The summed E-state index contributed by atoms with van der Waals surface area (Å²) in [6.45, 7) is 4.15. The fraction of sp³-hybridized carbons (Fsp3) is 0.909. The lowest BCUT2D eigenvalue weighted by Crippen LogP contribution is -2.29. The van der Waals surface area contributed by atoms with Crippen molar-refractivity contribution in [3.8, 4) is 0 Å². The first-order chi connectivity index (χ1) is 6.61. The number of carbonyl (C=O) groups is 1. The van der Waals surface area contributed by atoms with Crippen LogP contribution < -0.4 is 0 Å². The zero-order chi connectivity index (χ0) is 10.6. The Balaban J connectivity index is 2.51. The van der Waals surface area contributed by atoms with E-state index < -0.39 is 5.97 Å². The van der Waals surface area contributed by atoms with Crippen molar-refractivity contribution in [2.45, 2.75) is 56.5 Å². The molecule has 0 spiro atoms. The van der Waals surface area contributed by atoms with Crippen LogP contribution in [0.4, 0.5) is 0 Å². The average molecular weight is 216 g/mol. The lowest BCUT2D eigenvalue weighted by atomic mass is 9.87. The Labute approximate surface area is 90.5 Å². The van der Waals surface area contributed by atoms with Gasteiger partial charge in [-0.15, -0.1) is 11.8 Å². The quantitative estimate of drug-likeness (QED) is 0.784. The molecule has 0 radical (unpaired) electrons. The molecule has 1 fully saturated rings. The largest absolute Gasteiger partial charge is 0.480 e. The van der Waals surface area contributed by atoms with Gasteiger partial charge in [0.1, 0.15) is 5.25 Å². The molecule has 0 bridgehead atoms. The van der Waals surface area contributed by atoms with Crippen molar-refractivity contribution in [2.24, 2.45) is 5.92 Å². The van der Waals surface area contributed by atoms with E-state index in [0.29, 0.717) is 11.2 Å². The van der Waals surface area contributed by atoms with Gasteiger partial charge in [0.2, 0.25) is 0 Å². The van der Waals surface area contributed by atoms with E-state index in [2.05, 4.69) is 13.8 Å². The van der Waals surface area contributed by atoms with Gasteiger partial charge in [0, 0.05) is 0 Å². The predicted molar refractivity (Wildman–Crippen MR) is 60.7 cm³/mol. The van der Waals surface area contributed by atoms with Crippen LogP contribution in [0.1, 0.15) is 46.0 Å². The number of hydrogen-bond acceptors (Lipinski definition) is 2. The van der Waals surface area contributed by atoms with Gasteiger partial charge in [0.05, 0.1) is 0 Å². The third kappa shape index (κ3) is 3.52.